The number of phenols is 3. The lowest BCUT2D eigenvalue weighted by Gasteiger charge is -2.39. The standard InChI is InChI=1S/C24H29NO12/c26-9-15(23(34)35)25-14(6-3-11-1-4-12(28)5-2-11)19-16(30)7-13(29)8-17(19)36-24-22(33)21(32)20(31)18(10-27)37-24/h1-2,4-5,7-8,15,18,20-22,24,26-33H,3,6,9-10H2,(H,34,35)/t15-,18+,20+,21-,22-,24?/m0/s1. The molecule has 1 aliphatic heterocycles. The van der Waals surface area contributed by atoms with Gasteiger partial charge >= 0.3 is 5.97 Å². The molecule has 1 saturated heterocycles. The Balaban J connectivity index is 2.03. The average molecular weight is 523 g/mol. The highest BCUT2D eigenvalue weighted by Crippen LogP contribution is 2.37. The van der Waals surface area contributed by atoms with E-state index in [2.05, 4.69) is 4.99 Å². The molecule has 13 heteroatoms. The number of aryl methyl sites for hydroxylation is 1. The molecule has 3 rings (SSSR count). The summed E-state index contributed by atoms with van der Waals surface area (Å²) in [5, 5.41) is 89.0. The molecule has 1 aliphatic rings. The number of carboxylic acids is 1. The van der Waals surface area contributed by atoms with E-state index in [0.717, 1.165) is 17.7 Å². The molecule has 13 nitrogen and oxygen atoms in total. The first-order chi connectivity index (χ1) is 17.5. The maximum atomic E-state index is 11.6. The second-order valence-corrected chi connectivity index (χ2v) is 8.43. The summed E-state index contributed by atoms with van der Waals surface area (Å²) in [5.41, 5.74) is 0.482. The maximum Gasteiger partial charge on any atom is 0.330 e. The zero-order chi connectivity index (χ0) is 27.3. The van der Waals surface area contributed by atoms with Crippen molar-refractivity contribution in [3.8, 4) is 23.0 Å². The number of aliphatic hydroxyl groups excluding tert-OH is 5. The normalized spacial score (nSPS) is 25.0. The van der Waals surface area contributed by atoms with Crippen molar-refractivity contribution in [1.29, 1.82) is 0 Å². The van der Waals surface area contributed by atoms with Gasteiger partial charge in [0, 0.05) is 12.1 Å². The Bertz CT molecular complexity index is 1100. The van der Waals surface area contributed by atoms with Crippen molar-refractivity contribution in [3.63, 3.8) is 0 Å². The van der Waals surface area contributed by atoms with Crippen LogP contribution in [0.25, 0.3) is 0 Å². The monoisotopic (exact) mass is 523 g/mol. The van der Waals surface area contributed by atoms with Crippen LogP contribution in [-0.4, -0.2) is 108 Å². The molecule has 1 fully saturated rings. The van der Waals surface area contributed by atoms with Crippen molar-refractivity contribution in [1.82, 2.24) is 0 Å². The topological polar surface area (TPSA) is 230 Å². The zero-order valence-corrected chi connectivity index (χ0v) is 19.5. The second kappa shape index (κ2) is 12.2. The lowest BCUT2D eigenvalue weighted by atomic mass is 9.98. The molecule has 2 aromatic rings. The number of aliphatic imine (C=N–C) groups is 1. The van der Waals surface area contributed by atoms with E-state index in [1.807, 2.05) is 0 Å². The third kappa shape index (κ3) is 6.65. The van der Waals surface area contributed by atoms with Crippen LogP contribution in [-0.2, 0) is 16.0 Å². The first kappa shape index (κ1) is 28.1. The van der Waals surface area contributed by atoms with Crippen LogP contribution in [0.5, 0.6) is 23.0 Å². The Hall–Kier alpha value is -3.46. The van der Waals surface area contributed by atoms with Gasteiger partial charge in [-0.3, -0.25) is 4.99 Å². The summed E-state index contributed by atoms with van der Waals surface area (Å²) in [6, 6.07) is 6.51. The van der Waals surface area contributed by atoms with E-state index in [0.29, 0.717) is 0 Å². The van der Waals surface area contributed by atoms with E-state index in [4.69, 9.17) is 9.47 Å². The van der Waals surface area contributed by atoms with Crippen molar-refractivity contribution in [2.45, 2.75) is 49.6 Å². The molecule has 0 spiro atoms. The molecule has 0 aromatic heterocycles. The van der Waals surface area contributed by atoms with E-state index in [1.165, 1.54) is 12.1 Å². The lowest BCUT2D eigenvalue weighted by molar-refractivity contribution is -0.277. The van der Waals surface area contributed by atoms with Gasteiger partial charge in [-0.2, -0.15) is 0 Å². The largest absolute Gasteiger partial charge is 0.508 e. The number of rotatable bonds is 10. The number of benzene rings is 2. The Morgan fingerprint density at radius 2 is 1.65 bits per heavy atom. The Morgan fingerprint density at radius 3 is 2.24 bits per heavy atom. The number of carboxylic acid groups (broad SMARTS) is 1. The summed E-state index contributed by atoms with van der Waals surface area (Å²) >= 11 is 0. The molecular weight excluding hydrogens is 494 g/mol. The van der Waals surface area contributed by atoms with E-state index in [9.17, 15) is 50.8 Å². The van der Waals surface area contributed by atoms with Crippen LogP contribution >= 0.6 is 0 Å². The summed E-state index contributed by atoms with van der Waals surface area (Å²) in [6.07, 6.45) is -7.96. The minimum absolute atomic E-state index is 0.00205. The smallest absolute Gasteiger partial charge is 0.330 e. The maximum absolute atomic E-state index is 11.6. The summed E-state index contributed by atoms with van der Waals surface area (Å²) in [5.74, 6) is -2.79. The number of aliphatic hydroxyl groups is 5. The number of hydrogen-bond donors (Lipinski definition) is 9. The number of carbonyl (C=O) groups is 1. The van der Waals surface area contributed by atoms with Crippen molar-refractivity contribution in [2.24, 2.45) is 4.99 Å². The fraction of sp³-hybridized carbons (Fsp3) is 0.417. The van der Waals surface area contributed by atoms with Gasteiger partial charge in [0.1, 0.15) is 47.4 Å². The van der Waals surface area contributed by atoms with E-state index in [1.54, 1.807) is 12.1 Å². The number of aliphatic carboxylic acids is 1. The van der Waals surface area contributed by atoms with Crippen molar-refractivity contribution < 1.29 is 60.2 Å². The quantitative estimate of drug-likeness (QED) is 0.168. The van der Waals surface area contributed by atoms with Crippen molar-refractivity contribution in [2.75, 3.05) is 13.2 Å². The van der Waals surface area contributed by atoms with Crippen molar-refractivity contribution >= 4 is 11.7 Å². The fourth-order valence-electron chi connectivity index (χ4n) is 3.80. The number of hydrogen-bond acceptors (Lipinski definition) is 12. The van der Waals surface area contributed by atoms with Crippen molar-refractivity contribution in [3.05, 3.63) is 47.5 Å². The molecular formula is C24H29NO12. The van der Waals surface area contributed by atoms with E-state index >= 15 is 0 Å². The highest BCUT2D eigenvalue weighted by atomic mass is 16.7. The van der Waals surface area contributed by atoms with Gasteiger partial charge in [-0.15, -0.1) is 0 Å². The zero-order valence-electron chi connectivity index (χ0n) is 19.5. The summed E-state index contributed by atoms with van der Waals surface area (Å²) in [6.45, 7) is -1.58. The summed E-state index contributed by atoms with van der Waals surface area (Å²) in [4.78, 5) is 15.7. The van der Waals surface area contributed by atoms with Crippen LogP contribution in [0.3, 0.4) is 0 Å². The number of nitrogens with zero attached hydrogens (tertiary/aromatic N) is 1. The molecule has 0 bridgehead atoms. The summed E-state index contributed by atoms with van der Waals surface area (Å²) < 4.78 is 11.0. The number of aromatic hydroxyl groups is 3. The fourth-order valence-corrected chi connectivity index (χ4v) is 3.80. The Morgan fingerprint density at radius 1 is 0.973 bits per heavy atom. The predicted octanol–water partition coefficient (Wildman–Crippen LogP) is -1.15. The Kier molecular flexibility index (Phi) is 9.26. The van der Waals surface area contributed by atoms with Gasteiger partial charge in [-0.05, 0) is 30.5 Å². The van der Waals surface area contributed by atoms with Crippen LogP contribution < -0.4 is 4.74 Å². The third-order valence-electron chi connectivity index (χ3n) is 5.80. The average Bonchev–Trinajstić information content (AvgIpc) is 2.85. The molecule has 2 aromatic carbocycles. The molecule has 0 aliphatic carbocycles. The van der Waals surface area contributed by atoms with E-state index in [-0.39, 0.29) is 35.6 Å². The highest BCUT2D eigenvalue weighted by Gasteiger charge is 2.45. The van der Waals surface area contributed by atoms with Gasteiger partial charge in [-0.1, -0.05) is 12.1 Å². The van der Waals surface area contributed by atoms with Crippen LogP contribution in [0.15, 0.2) is 41.4 Å². The van der Waals surface area contributed by atoms with E-state index < -0.39 is 67.4 Å². The molecule has 0 saturated carbocycles. The minimum atomic E-state index is -1.81. The van der Waals surface area contributed by atoms with Gasteiger partial charge < -0.3 is 55.4 Å². The molecule has 0 amide bonds. The first-order valence-corrected chi connectivity index (χ1v) is 11.3. The summed E-state index contributed by atoms with van der Waals surface area (Å²) in [7, 11) is 0. The van der Waals surface area contributed by atoms with Gasteiger partial charge in [-0.25, -0.2) is 4.79 Å². The van der Waals surface area contributed by atoms with Crippen LogP contribution in [0.2, 0.25) is 0 Å². The molecule has 37 heavy (non-hydrogen) atoms. The lowest BCUT2D eigenvalue weighted by Crippen LogP contribution is -2.60. The molecule has 6 atom stereocenters. The van der Waals surface area contributed by atoms with Crippen LogP contribution in [0, 0.1) is 0 Å². The molecule has 0 radical (unpaired) electrons. The predicted molar refractivity (Wildman–Crippen MR) is 126 cm³/mol. The van der Waals surface area contributed by atoms with Gasteiger partial charge in [0.2, 0.25) is 6.29 Å². The SMILES string of the molecule is O=C(O)[C@H](CO)N=C(CCc1ccc(O)cc1)c1c(O)cc(O)cc1OC1O[C@H](CO)[C@@H](O)[C@H](O)[C@@H]1O. The first-order valence-electron chi connectivity index (χ1n) is 11.3. The highest BCUT2D eigenvalue weighted by molar-refractivity contribution is 6.06. The van der Waals surface area contributed by atoms with Crippen LogP contribution in [0.4, 0.5) is 0 Å². The number of ether oxygens (including phenoxy) is 2. The van der Waals surface area contributed by atoms with Gasteiger partial charge in [0.25, 0.3) is 0 Å². The third-order valence-corrected chi connectivity index (χ3v) is 5.80. The van der Waals surface area contributed by atoms with Gasteiger partial charge in [0.05, 0.1) is 24.5 Å². The van der Waals surface area contributed by atoms with Gasteiger partial charge in [0.15, 0.2) is 6.04 Å². The molecule has 1 heterocycles. The van der Waals surface area contributed by atoms with Crippen LogP contribution in [0.1, 0.15) is 17.5 Å². The molecule has 1 unspecified atom stereocenters. The Labute approximate surface area is 210 Å². The molecule has 202 valence electrons. The number of phenolic OH excluding ortho intramolecular Hbond substituents is 3. The molecule has 9 N–H and O–H groups in total. The minimum Gasteiger partial charge on any atom is -0.508 e. The second-order valence-electron chi connectivity index (χ2n) is 8.43.